The molecular weight excluding hydrogens is 273 g/mol. The van der Waals surface area contributed by atoms with Gasteiger partial charge in [-0.1, -0.05) is 0 Å². The van der Waals surface area contributed by atoms with Gasteiger partial charge in [-0.2, -0.15) is 0 Å². The fraction of sp³-hybridized carbons (Fsp3) is 0.333. The molecule has 21 heavy (non-hydrogen) atoms. The number of fused-ring (bicyclic) bond motifs is 1. The van der Waals surface area contributed by atoms with Gasteiger partial charge in [-0.25, -0.2) is 9.37 Å². The van der Waals surface area contributed by atoms with E-state index in [-0.39, 0.29) is 12.4 Å². The zero-order valence-electron chi connectivity index (χ0n) is 11.5. The molecule has 5 nitrogen and oxygen atoms in total. The van der Waals surface area contributed by atoms with E-state index in [0.29, 0.717) is 13.1 Å². The lowest BCUT2D eigenvalue weighted by Crippen LogP contribution is -2.48. The molecule has 0 spiro atoms. The van der Waals surface area contributed by atoms with E-state index >= 15 is 0 Å². The van der Waals surface area contributed by atoms with Crippen molar-refractivity contribution in [2.45, 2.75) is 0 Å². The number of hydrogen-bond donors (Lipinski definition) is 1. The summed E-state index contributed by atoms with van der Waals surface area (Å²) in [6.45, 7) is 2.98. The lowest BCUT2D eigenvalue weighted by atomic mass is 10.2. The molecular formula is C15H16FN3O2. The summed E-state index contributed by atoms with van der Waals surface area (Å²) in [7, 11) is 0. The number of pyridine rings is 1. The van der Waals surface area contributed by atoms with E-state index < -0.39 is 5.97 Å². The van der Waals surface area contributed by atoms with Crippen LogP contribution in [0.1, 0.15) is 0 Å². The van der Waals surface area contributed by atoms with Crippen LogP contribution >= 0.6 is 0 Å². The second kappa shape index (κ2) is 5.65. The number of aromatic nitrogens is 1. The molecule has 2 aromatic rings. The van der Waals surface area contributed by atoms with Crippen LogP contribution in [0, 0.1) is 5.82 Å². The monoisotopic (exact) mass is 289 g/mol. The minimum atomic E-state index is -0.797. The second-order valence-electron chi connectivity index (χ2n) is 5.16. The molecule has 1 saturated heterocycles. The fourth-order valence-electron chi connectivity index (χ4n) is 2.59. The van der Waals surface area contributed by atoms with E-state index in [4.69, 9.17) is 5.11 Å². The Kier molecular flexibility index (Phi) is 3.70. The number of benzene rings is 1. The number of carboxylic acid groups (broad SMARTS) is 1. The molecule has 1 aromatic heterocycles. The van der Waals surface area contributed by atoms with E-state index in [1.54, 1.807) is 6.07 Å². The van der Waals surface area contributed by atoms with Gasteiger partial charge in [0.2, 0.25) is 0 Å². The highest BCUT2D eigenvalue weighted by Crippen LogP contribution is 2.20. The van der Waals surface area contributed by atoms with E-state index in [1.807, 2.05) is 17.0 Å². The Bertz CT molecular complexity index is 669. The van der Waals surface area contributed by atoms with Gasteiger partial charge in [0.05, 0.1) is 12.1 Å². The zero-order valence-corrected chi connectivity index (χ0v) is 11.5. The Morgan fingerprint density at radius 1 is 1.19 bits per heavy atom. The molecule has 0 unspecified atom stereocenters. The molecule has 0 bridgehead atoms. The summed E-state index contributed by atoms with van der Waals surface area (Å²) in [5, 5.41) is 9.57. The third kappa shape index (κ3) is 3.11. The van der Waals surface area contributed by atoms with Gasteiger partial charge in [0.25, 0.3) is 0 Å². The van der Waals surface area contributed by atoms with Crippen LogP contribution in [0.25, 0.3) is 10.9 Å². The summed E-state index contributed by atoms with van der Waals surface area (Å²) >= 11 is 0. The molecule has 0 amide bonds. The third-order valence-corrected chi connectivity index (χ3v) is 3.69. The first-order valence-corrected chi connectivity index (χ1v) is 6.87. The summed E-state index contributed by atoms with van der Waals surface area (Å²) < 4.78 is 13.1. The number of carbonyl (C=O) groups is 1. The Hall–Kier alpha value is -2.21. The van der Waals surface area contributed by atoms with Crippen molar-refractivity contribution in [3.05, 3.63) is 36.1 Å². The zero-order chi connectivity index (χ0) is 14.8. The minimum Gasteiger partial charge on any atom is -0.480 e. The molecule has 0 aliphatic carbocycles. The van der Waals surface area contributed by atoms with Crippen molar-refractivity contribution in [3.8, 4) is 0 Å². The van der Waals surface area contributed by atoms with Gasteiger partial charge in [0.1, 0.15) is 11.6 Å². The number of hydrogen-bond acceptors (Lipinski definition) is 4. The lowest BCUT2D eigenvalue weighted by Gasteiger charge is -2.34. The van der Waals surface area contributed by atoms with E-state index in [1.165, 1.54) is 12.1 Å². The Balaban J connectivity index is 1.73. The summed E-state index contributed by atoms with van der Waals surface area (Å²) in [5.74, 6) is -0.210. The molecule has 1 fully saturated rings. The van der Waals surface area contributed by atoms with Crippen LogP contribution in [0.3, 0.4) is 0 Å². The molecule has 3 rings (SSSR count). The summed E-state index contributed by atoms with van der Waals surface area (Å²) in [4.78, 5) is 19.3. The highest BCUT2D eigenvalue weighted by atomic mass is 19.1. The van der Waals surface area contributed by atoms with Gasteiger partial charge in [-0.15, -0.1) is 0 Å². The van der Waals surface area contributed by atoms with Gasteiger partial charge >= 0.3 is 5.97 Å². The minimum absolute atomic E-state index is 0.0816. The number of carboxylic acids is 1. The van der Waals surface area contributed by atoms with Crippen LogP contribution in [-0.4, -0.2) is 53.7 Å². The molecule has 2 heterocycles. The molecule has 0 radical (unpaired) electrons. The quantitative estimate of drug-likeness (QED) is 0.929. The Morgan fingerprint density at radius 2 is 1.95 bits per heavy atom. The average molecular weight is 289 g/mol. The normalized spacial score (nSPS) is 16.3. The van der Waals surface area contributed by atoms with Crippen LogP contribution in [0.2, 0.25) is 0 Å². The highest BCUT2D eigenvalue weighted by Gasteiger charge is 2.19. The number of anilines is 1. The maximum atomic E-state index is 13.1. The van der Waals surface area contributed by atoms with Crippen molar-refractivity contribution in [2.24, 2.45) is 0 Å². The van der Waals surface area contributed by atoms with Crippen LogP contribution in [-0.2, 0) is 4.79 Å². The van der Waals surface area contributed by atoms with Crippen LogP contribution in [0.4, 0.5) is 10.2 Å². The lowest BCUT2D eigenvalue weighted by molar-refractivity contribution is -0.138. The van der Waals surface area contributed by atoms with E-state index in [0.717, 1.165) is 29.8 Å². The number of piperazine rings is 1. The molecule has 1 N–H and O–H groups in total. The van der Waals surface area contributed by atoms with Crippen LogP contribution in [0.5, 0.6) is 0 Å². The molecule has 6 heteroatoms. The largest absolute Gasteiger partial charge is 0.480 e. The summed E-state index contributed by atoms with van der Waals surface area (Å²) in [6.07, 6.45) is 0. The standard InChI is InChI=1S/C15H16FN3O2/c16-12-2-3-13-11(9-12)1-4-14(17-13)19-7-5-18(6-8-19)10-15(20)21/h1-4,9H,5-8,10H2,(H,20,21). The van der Waals surface area contributed by atoms with Crippen LogP contribution < -0.4 is 4.90 Å². The van der Waals surface area contributed by atoms with Crippen molar-refractivity contribution in [2.75, 3.05) is 37.6 Å². The fourth-order valence-corrected chi connectivity index (χ4v) is 2.59. The van der Waals surface area contributed by atoms with Gasteiger partial charge in [0, 0.05) is 31.6 Å². The number of halogens is 1. The van der Waals surface area contributed by atoms with Gasteiger partial charge in [-0.05, 0) is 30.3 Å². The molecule has 110 valence electrons. The second-order valence-corrected chi connectivity index (χ2v) is 5.16. The first kappa shape index (κ1) is 13.8. The number of nitrogens with zero attached hydrogens (tertiary/aromatic N) is 3. The average Bonchev–Trinajstić information content (AvgIpc) is 2.47. The molecule has 1 aliphatic rings. The molecule has 1 aliphatic heterocycles. The topological polar surface area (TPSA) is 56.7 Å². The first-order valence-electron chi connectivity index (χ1n) is 6.87. The molecule has 1 aromatic carbocycles. The smallest absolute Gasteiger partial charge is 0.317 e. The maximum Gasteiger partial charge on any atom is 0.317 e. The van der Waals surface area contributed by atoms with Crippen molar-refractivity contribution < 1.29 is 14.3 Å². The Labute approximate surface area is 121 Å². The predicted octanol–water partition coefficient (Wildman–Crippen LogP) is 1.58. The number of aliphatic carboxylic acids is 1. The van der Waals surface area contributed by atoms with Crippen molar-refractivity contribution >= 4 is 22.7 Å². The van der Waals surface area contributed by atoms with Crippen molar-refractivity contribution in [3.63, 3.8) is 0 Å². The summed E-state index contributed by atoms with van der Waals surface area (Å²) in [5.41, 5.74) is 0.766. The summed E-state index contributed by atoms with van der Waals surface area (Å²) in [6, 6.07) is 8.30. The van der Waals surface area contributed by atoms with Crippen molar-refractivity contribution in [1.82, 2.24) is 9.88 Å². The molecule has 0 atom stereocenters. The predicted molar refractivity (Wildman–Crippen MR) is 78.0 cm³/mol. The van der Waals surface area contributed by atoms with Crippen LogP contribution in [0.15, 0.2) is 30.3 Å². The number of rotatable bonds is 3. The van der Waals surface area contributed by atoms with Gasteiger partial charge in [0.15, 0.2) is 0 Å². The molecule has 0 saturated carbocycles. The maximum absolute atomic E-state index is 13.1. The SMILES string of the molecule is O=C(O)CN1CCN(c2ccc3cc(F)ccc3n2)CC1. The Morgan fingerprint density at radius 3 is 2.67 bits per heavy atom. The first-order chi connectivity index (χ1) is 10.1. The van der Waals surface area contributed by atoms with E-state index in [9.17, 15) is 9.18 Å². The van der Waals surface area contributed by atoms with E-state index in [2.05, 4.69) is 9.88 Å². The van der Waals surface area contributed by atoms with Gasteiger partial charge < -0.3 is 10.0 Å². The van der Waals surface area contributed by atoms with Crippen molar-refractivity contribution in [1.29, 1.82) is 0 Å². The highest BCUT2D eigenvalue weighted by molar-refractivity contribution is 5.80. The third-order valence-electron chi connectivity index (χ3n) is 3.69. The van der Waals surface area contributed by atoms with Gasteiger partial charge in [-0.3, -0.25) is 9.69 Å².